The number of carbonyl (C=O) groups is 2. The Morgan fingerprint density at radius 2 is 1.45 bits per heavy atom. The predicted octanol–water partition coefficient (Wildman–Crippen LogP) is 4.12. The Balaban J connectivity index is 1.56. The van der Waals surface area contributed by atoms with Crippen LogP contribution >= 0.6 is 0 Å². The molecule has 0 radical (unpaired) electrons. The lowest BCUT2D eigenvalue weighted by Gasteiger charge is -2.13. The van der Waals surface area contributed by atoms with Crippen molar-refractivity contribution in [2.24, 2.45) is 0 Å². The van der Waals surface area contributed by atoms with Crippen molar-refractivity contribution in [1.82, 2.24) is 4.68 Å². The number of hydrogen-bond acceptors (Lipinski definition) is 3. The quantitative estimate of drug-likeness (QED) is 0.664. The molecular formula is C23H25N3O3. The van der Waals surface area contributed by atoms with Crippen LogP contribution in [0.1, 0.15) is 32.9 Å². The molecule has 29 heavy (non-hydrogen) atoms. The van der Waals surface area contributed by atoms with Crippen molar-refractivity contribution in [1.29, 1.82) is 0 Å². The number of aryl methyl sites for hydroxylation is 4. The van der Waals surface area contributed by atoms with Crippen molar-refractivity contribution in [2.75, 3.05) is 17.3 Å². The summed E-state index contributed by atoms with van der Waals surface area (Å²) in [5, 5.41) is 2.88. The SMILES string of the molecule is Cc1cccc(C)c1NC(=O)COc1ccc(C(=O)Nn2c(C)ccc2C)cc1. The number of carbonyl (C=O) groups excluding carboxylic acids is 2. The van der Waals surface area contributed by atoms with E-state index in [0.29, 0.717) is 11.3 Å². The summed E-state index contributed by atoms with van der Waals surface area (Å²) >= 11 is 0. The van der Waals surface area contributed by atoms with E-state index < -0.39 is 0 Å². The maximum absolute atomic E-state index is 12.4. The zero-order valence-corrected chi connectivity index (χ0v) is 17.1. The molecular weight excluding hydrogens is 366 g/mol. The number of anilines is 1. The van der Waals surface area contributed by atoms with Crippen molar-refractivity contribution in [2.45, 2.75) is 27.7 Å². The van der Waals surface area contributed by atoms with Crippen molar-refractivity contribution in [3.05, 3.63) is 82.7 Å². The molecule has 0 bridgehead atoms. The highest BCUT2D eigenvalue weighted by Crippen LogP contribution is 2.19. The fraction of sp³-hybridized carbons (Fsp3) is 0.217. The average molecular weight is 391 g/mol. The molecule has 2 N–H and O–H groups in total. The van der Waals surface area contributed by atoms with E-state index in [9.17, 15) is 9.59 Å². The minimum absolute atomic E-state index is 0.110. The summed E-state index contributed by atoms with van der Waals surface area (Å²) < 4.78 is 7.29. The highest BCUT2D eigenvalue weighted by Gasteiger charge is 2.11. The van der Waals surface area contributed by atoms with E-state index in [1.165, 1.54) is 0 Å². The molecule has 2 amide bonds. The predicted molar refractivity (Wildman–Crippen MR) is 114 cm³/mol. The van der Waals surface area contributed by atoms with Crippen LogP contribution in [0.15, 0.2) is 54.6 Å². The Kier molecular flexibility index (Phi) is 6.02. The normalized spacial score (nSPS) is 10.5. The molecule has 0 aliphatic carbocycles. The van der Waals surface area contributed by atoms with Crippen LogP contribution in [0.2, 0.25) is 0 Å². The number of hydrogen-bond donors (Lipinski definition) is 2. The molecule has 0 spiro atoms. The van der Waals surface area contributed by atoms with Gasteiger partial charge in [0, 0.05) is 22.6 Å². The van der Waals surface area contributed by atoms with Crippen LogP contribution in [0.5, 0.6) is 5.75 Å². The van der Waals surface area contributed by atoms with E-state index in [-0.39, 0.29) is 18.4 Å². The lowest BCUT2D eigenvalue weighted by Crippen LogP contribution is -2.24. The molecule has 6 nitrogen and oxygen atoms in total. The van der Waals surface area contributed by atoms with E-state index in [4.69, 9.17) is 4.74 Å². The van der Waals surface area contributed by atoms with Gasteiger partial charge in [-0.3, -0.25) is 19.7 Å². The Labute approximate surface area is 170 Å². The molecule has 0 atom stereocenters. The van der Waals surface area contributed by atoms with Gasteiger partial charge in [-0.2, -0.15) is 0 Å². The molecule has 0 unspecified atom stereocenters. The van der Waals surface area contributed by atoms with Crippen LogP contribution in [-0.2, 0) is 4.79 Å². The first-order chi connectivity index (χ1) is 13.8. The number of nitrogens with zero attached hydrogens (tertiary/aromatic N) is 1. The van der Waals surface area contributed by atoms with Crippen LogP contribution in [0.4, 0.5) is 5.69 Å². The molecule has 0 fully saturated rings. The monoisotopic (exact) mass is 391 g/mol. The van der Waals surface area contributed by atoms with Crippen LogP contribution in [0.3, 0.4) is 0 Å². The van der Waals surface area contributed by atoms with Crippen LogP contribution in [-0.4, -0.2) is 23.1 Å². The first-order valence-corrected chi connectivity index (χ1v) is 9.40. The largest absolute Gasteiger partial charge is 0.484 e. The molecule has 6 heteroatoms. The lowest BCUT2D eigenvalue weighted by molar-refractivity contribution is -0.118. The standard InChI is InChI=1S/C23H25N3O3/c1-15-6-5-7-16(2)22(15)24-21(27)14-29-20-12-10-19(11-13-20)23(28)25-26-17(3)8-9-18(26)4/h5-13H,14H2,1-4H3,(H,24,27)(H,25,28). The molecule has 3 aromatic rings. The number of aromatic nitrogens is 1. The van der Waals surface area contributed by atoms with Gasteiger partial charge in [0.15, 0.2) is 6.61 Å². The smallest absolute Gasteiger partial charge is 0.270 e. The van der Waals surface area contributed by atoms with E-state index >= 15 is 0 Å². The van der Waals surface area contributed by atoms with Crippen LogP contribution in [0.25, 0.3) is 0 Å². The summed E-state index contributed by atoms with van der Waals surface area (Å²) in [4.78, 5) is 24.6. The number of amides is 2. The number of rotatable bonds is 6. The highest BCUT2D eigenvalue weighted by atomic mass is 16.5. The van der Waals surface area contributed by atoms with Gasteiger partial charge in [0.25, 0.3) is 11.8 Å². The fourth-order valence-electron chi connectivity index (χ4n) is 3.05. The molecule has 1 aromatic heterocycles. The topological polar surface area (TPSA) is 72.4 Å². The van der Waals surface area contributed by atoms with Crippen LogP contribution < -0.4 is 15.5 Å². The third-order valence-corrected chi connectivity index (χ3v) is 4.72. The number of ether oxygens (including phenoxy) is 1. The van der Waals surface area contributed by atoms with Gasteiger partial charge in [0.05, 0.1) is 0 Å². The molecule has 0 aliphatic heterocycles. The van der Waals surface area contributed by atoms with Crippen molar-refractivity contribution in [3.8, 4) is 5.75 Å². The molecule has 0 saturated heterocycles. The summed E-state index contributed by atoms with van der Waals surface area (Å²) in [6.45, 7) is 7.64. The second-order valence-electron chi connectivity index (χ2n) is 7.02. The zero-order valence-electron chi connectivity index (χ0n) is 17.1. The summed E-state index contributed by atoms with van der Waals surface area (Å²) in [5.74, 6) is 0.0704. The van der Waals surface area contributed by atoms with Gasteiger partial charge in [-0.05, 0) is 75.2 Å². The van der Waals surface area contributed by atoms with Crippen molar-refractivity contribution < 1.29 is 14.3 Å². The molecule has 1 heterocycles. The first-order valence-electron chi connectivity index (χ1n) is 9.40. The summed E-state index contributed by atoms with van der Waals surface area (Å²) in [7, 11) is 0. The zero-order chi connectivity index (χ0) is 21.0. The van der Waals surface area contributed by atoms with Gasteiger partial charge in [-0.1, -0.05) is 18.2 Å². The maximum atomic E-state index is 12.4. The van der Waals surface area contributed by atoms with Gasteiger partial charge >= 0.3 is 0 Å². The Morgan fingerprint density at radius 3 is 2.03 bits per heavy atom. The molecule has 2 aromatic carbocycles. The Hall–Kier alpha value is -3.54. The number of benzene rings is 2. The van der Waals surface area contributed by atoms with Crippen molar-refractivity contribution >= 4 is 17.5 Å². The highest BCUT2D eigenvalue weighted by molar-refractivity contribution is 6.00. The van der Waals surface area contributed by atoms with Crippen molar-refractivity contribution in [3.63, 3.8) is 0 Å². The van der Waals surface area contributed by atoms with E-state index in [2.05, 4.69) is 10.7 Å². The lowest BCUT2D eigenvalue weighted by atomic mass is 10.1. The van der Waals surface area contributed by atoms with Gasteiger partial charge in [-0.15, -0.1) is 0 Å². The van der Waals surface area contributed by atoms with E-state index in [0.717, 1.165) is 28.2 Å². The second-order valence-corrected chi connectivity index (χ2v) is 7.02. The number of nitrogens with one attached hydrogen (secondary N) is 2. The van der Waals surface area contributed by atoms with Gasteiger partial charge in [-0.25, -0.2) is 0 Å². The second kappa shape index (κ2) is 8.65. The third kappa shape index (κ3) is 4.85. The Morgan fingerprint density at radius 1 is 0.862 bits per heavy atom. The van der Waals surface area contributed by atoms with Gasteiger partial charge in [0.1, 0.15) is 5.75 Å². The third-order valence-electron chi connectivity index (χ3n) is 4.72. The Bertz CT molecular complexity index is 996. The maximum Gasteiger partial charge on any atom is 0.270 e. The number of para-hydroxylation sites is 1. The minimum atomic E-state index is -0.234. The molecule has 0 saturated carbocycles. The first kappa shape index (κ1) is 20.2. The van der Waals surface area contributed by atoms with E-state index in [1.807, 2.05) is 58.0 Å². The molecule has 150 valence electrons. The molecule has 0 aliphatic rings. The van der Waals surface area contributed by atoms with Crippen LogP contribution in [0, 0.1) is 27.7 Å². The molecule has 3 rings (SSSR count). The summed E-state index contributed by atoms with van der Waals surface area (Å²) in [5.41, 5.74) is 8.07. The summed E-state index contributed by atoms with van der Waals surface area (Å²) in [6.07, 6.45) is 0. The summed E-state index contributed by atoms with van der Waals surface area (Å²) in [6, 6.07) is 16.4. The minimum Gasteiger partial charge on any atom is -0.484 e. The van der Waals surface area contributed by atoms with Gasteiger partial charge in [0.2, 0.25) is 0 Å². The average Bonchev–Trinajstić information content (AvgIpc) is 3.01. The fourth-order valence-corrected chi connectivity index (χ4v) is 3.05. The van der Waals surface area contributed by atoms with E-state index in [1.54, 1.807) is 28.9 Å². The van der Waals surface area contributed by atoms with Gasteiger partial charge < -0.3 is 10.1 Å².